The third kappa shape index (κ3) is 4.42. The van der Waals surface area contributed by atoms with E-state index in [0.29, 0.717) is 36.5 Å². The first-order valence-electron chi connectivity index (χ1n) is 8.22. The summed E-state index contributed by atoms with van der Waals surface area (Å²) >= 11 is 0. The summed E-state index contributed by atoms with van der Waals surface area (Å²) in [4.78, 5) is 29.5. The van der Waals surface area contributed by atoms with Gasteiger partial charge in [-0.3, -0.25) is 4.79 Å². The number of benzene rings is 1. The Bertz CT molecular complexity index is 716. The number of rotatable bonds is 5. The van der Waals surface area contributed by atoms with Crippen LogP contribution in [-0.4, -0.2) is 61.3 Å². The summed E-state index contributed by atoms with van der Waals surface area (Å²) in [5.41, 5.74) is 0.609. The second-order valence-corrected chi connectivity index (χ2v) is 5.89. The van der Waals surface area contributed by atoms with Crippen LogP contribution in [0.5, 0.6) is 0 Å². The van der Waals surface area contributed by atoms with Gasteiger partial charge < -0.3 is 19.9 Å². The van der Waals surface area contributed by atoms with Gasteiger partial charge in [-0.1, -0.05) is 18.2 Å². The summed E-state index contributed by atoms with van der Waals surface area (Å²) < 4.78 is 5.38. The molecule has 1 fully saturated rings. The zero-order valence-corrected chi connectivity index (χ0v) is 14.5. The van der Waals surface area contributed by atoms with Crippen molar-refractivity contribution in [1.82, 2.24) is 20.3 Å². The molecular weight excluding hydrogens is 320 g/mol. The van der Waals surface area contributed by atoms with Crippen LogP contribution in [0.2, 0.25) is 0 Å². The van der Waals surface area contributed by atoms with Gasteiger partial charge in [-0.25, -0.2) is 0 Å². The minimum Gasteiger partial charge on any atom is -0.378 e. The maximum atomic E-state index is 12.2. The third-order valence-corrected chi connectivity index (χ3v) is 3.80. The fourth-order valence-corrected chi connectivity index (χ4v) is 2.43. The number of anilines is 2. The second-order valence-electron chi connectivity index (χ2n) is 5.89. The van der Waals surface area contributed by atoms with Crippen LogP contribution in [0.1, 0.15) is 16.2 Å². The number of carbonyl (C=O) groups excluding carboxylic acids is 1. The minimum atomic E-state index is -0.152. The Balaban J connectivity index is 1.75. The number of aromatic nitrogens is 3. The van der Waals surface area contributed by atoms with E-state index in [1.807, 2.05) is 37.2 Å². The summed E-state index contributed by atoms with van der Waals surface area (Å²) in [6, 6.07) is 9.08. The number of amides is 1. The van der Waals surface area contributed by atoms with E-state index in [-0.39, 0.29) is 12.5 Å². The van der Waals surface area contributed by atoms with E-state index in [4.69, 9.17) is 4.74 Å². The molecule has 1 aromatic carbocycles. The zero-order valence-electron chi connectivity index (χ0n) is 14.5. The number of hydrogen-bond acceptors (Lipinski definition) is 7. The van der Waals surface area contributed by atoms with Crippen LogP contribution >= 0.6 is 0 Å². The lowest BCUT2D eigenvalue weighted by Gasteiger charge is -2.27. The van der Waals surface area contributed by atoms with E-state index < -0.39 is 0 Å². The molecule has 1 amide bonds. The monoisotopic (exact) mass is 342 g/mol. The smallest absolute Gasteiger partial charge is 0.251 e. The molecule has 0 atom stereocenters. The van der Waals surface area contributed by atoms with Gasteiger partial charge in [0.1, 0.15) is 0 Å². The lowest BCUT2D eigenvalue weighted by Crippen LogP contribution is -2.38. The van der Waals surface area contributed by atoms with Gasteiger partial charge in [-0.15, -0.1) is 0 Å². The molecule has 1 aliphatic rings. The quantitative estimate of drug-likeness (QED) is 0.856. The maximum Gasteiger partial charge on any atom is 0.251 e. The molecule has 2 aromatic rings. The lowest BCUT2D eigenvalue weighted by molar-refractivity contribution is 0.0950. The number of nitrogens with zero attached hydrogens (tertiary/aromatic N) is 5. The Kier molecular flexibility index (Phi) is 5.39. The van der Waals surface area contributed by atoms with Crippen LogP contribution in [0.15, 0.2) is 30.3 Å². The Morgan fingerprint density at radius 3 is 2.56 bits per heavy atom. The van der Waals surface area contributed by atoms with Crippen molar-refractivity contribution in [1.29, 1.82) is 0 Å². The van der Waals surface area contributed by atoms with Crippen molar-refractivity contribution in [2.24, 2.45) is 0 Å². The van der Waals surface area contributed by atoms with Gasteiger partial charge in [0.25, 0.3) is 5.91 Å². The molecule has 1 aliphatic heterocycles. The van der Waals surface area contributed by atoms with Crippen molar-refractivity contribution in [3.63, 3.8) is 0 Å². The Hall–Kier alpha value is -2.74. The molecule has 8 nitrogen and oxygen atoms in total. The van der Waals surface area contributed by atoms with Gasteiger partial charge in [-0.2, -0.15) is 15.0 Å². The number of carbonyl (C=O) groups is 1. The van der Waals surface area contributed by atoms with Crippen molar-refractivity contribution >= 4 is 17.8 Å². The molecule has 0 unspecified atom stereocenters. The first kappa shape index (κ1) is 17.1. The van der Waals surface area contributed by atoms with Crippen molar-refractivity contribution < 1.29 is 9.53 Å². The fraction of sp³-hybridized carbons (Fsp3) is 0.412. The molecule has 1 N–H and O–H groups in total. The Labute approximate surface area is 146 Å². The first-order chi connectivity index (χ1) is 12.1. The summed E-state index contributed by atoms with van der Waals surface area (Å²) in [5.74, 6) is 1.57. The van der Waals surface area contributed by atoms with E-state index in [1.54, 1.807) is 12.1 Å². The normalized spacial score (nSPS) is 14.2. The molecule has 132 valence electrons. The summed E-state index contributed by atoms with van der Waals surface area (Å²) in [6.45, 7) is 3.04. The number of ether oxygens (including phenoxy) is 1. The minimum absolute atomic E-state index is 0.152. The molecule has 1 saturated heterocycles. The van der Waals surface area contributed by atoms with Crippen LogP contribution < -0.4 is 15.1 Å². The van der Waals surface area contributed by atoms with E-state index in [1.165, 1.54) is 0 Å². The maximum absolute atomic E-state index is 12.2. The molecule has 2 heterocycles. The zero-order chi connectivity index (χ0) is 17.6. The predicted octanol–water partition coefficient (Wildman–Crippen LogP) is 0.704. The average molecular weight is 342 g/mol. The highest BCUT2D eigenvalue weighted by molar-refractivity contribution is 5.93. The van der Waals surface area contributed by atoms with E-state index in [0.717, 1.165) is 13.1 Å². The van der Waals surface area contributed by atoms with Gasteiger partial charge in [0.15, 0.2) is 5.82 Å². The highest BCUT2D eigenvalue weighted by Crippen LogP contribution is 2.14. The van der Waals surface area contributed by atoms with E-state index in [2.05, 4.69) is 25.2 Å². The SMILES string of the molecule is CN(C)c1nc(CNC(=O)c2ccccc2)nc(N2CCOCC2)n1. The van der Waals surface area contributed by atoms with Gasteiger partial charge in [0, 0.05) is 32.7 Å². The molecule has 0 aliphatic carbocycles. The molecule has 0 radical (unpaired) electrons. The molecule has 3 rings (SSSR count). The van der Waals surface area contributed by atoms with Gasteiger partial charge in [0.05, 0.1) is 19.8 Å². The molecule has 8 heteroatoms. The second kappa shape index (κ2) is 7.89. The largest absolute Gasteiger partial charge is 0.378 e. The third-order valence-electron chi connectivity index (χ3n) is 3.80. The van der Waals surface area contributed by atoms with Crippen molar-refractivity contribution in [2.75, 3.05) is 50.2 Å². The van der Waals surface area contributed by atoms with Gasteiger partial charge in [-0.05, 0) is 12.1 Å². The van der Waals surface area contributed by atoms with Crippen LogP contribution in [-0.2, 0) is 11.3 Å². The van der Waals surface area contributed by atoms with Crippen LogP contribution in [0.3, 0.4) is 0 Å². The van der Waals surface area contributed by atoms with E-state index in [9.17, 15) is 4.79 Å². The first-order valence-corrected chi connectivity index (χ1v) is 8.22. The highest BCUT2D eigenvalue weighted by Gasteiger charge is 2.17. The molecule has 0 spiro atoms. The van der Waals surface area contributed by atoms with Crippen LogP contribution in [0, 0.1) is 0 Å². The molecule has 0 saturated carbocycles. The number of hydrogen-bond donors (Lipinski definition) is 1. The highest BCUT2D eigenvalue weighted by atomic mass is 16.5. The molecule has 0 bridgehead atoms. The molecule has 1 aromatic heterocycles. The lowest BCUT2D eigenvalue weighted by atomic mass is 10.2. The Morgan fingerprint density at radius 2 is 1.88 bits per heavy atom. The van der Waals surface area contributed by atoms with Crippen molar-refractivity contribution in [3.8, 4) is 0 Å². The molecular formula is C17H22N6O2. The number of morpholine rings is 1. The standard InChI is InChI=1S/C17H22N6O2/c1-22(2)16-19-14(12-18-15(24)13-6-4-3-5-7-13)20-17(21-16)23-8-10-25-11-9-23/h3-7H,8-12H2,1-2H3,(H,18,24). The summed E-state index contributed by atoms with van der Waals surface area (Å²) in [7, 11) is 3.76. The van der Waals surface area contributed by atoms with Gasteiger partial charge >= 0.3 is 0 Å². The average Bonchev–Trinajstić information content (AvgIpc) is 2.67. The van der Waals surface area contributed by atoms with E-state index >= 15 is 0 Å². The van der Waals surface area contributed by atoms with Crippen molar-refractivity contribution in [3.05, 3.63) is 41.7 Å². The topological polar surface area (TPSA) is 83.5 Å². The Morgan fingerprint density at radius 1 is 1.16 bits per heavy atom. The summed E-state index contributed by atoms with van der Waals surface area (Å²) in [6.07, 6.45) is 0. The van der Waals surface area contributed by atoms with Gasteiger partial charge in [0.2, 0.25) is 11.9 Å². The molecule has 25 heavy (non-hydrogen) atoms. The fourth-order valence-electron chi connectivity index (χ4n) is 2.43. The van der Waals surface area contributed by atoms with Crippen LogP contribution in [0.4, 0.5) is 11.9 Å². The number of nitrogens with one attached hydrogen (secondary N) is 1. The summed E-state index contributed by atoms with van der Waals surface area (Å²) in [5, 5.41) is 2.86. The van der Waals surface area contributed by atoms with Crippen LogP contribution in [0.25, 0.3) is 0 Å². The van der Waals surface area contributed by atoms with Crippen molar-refractivity contribution in [2.45, 2.75) is 6.54 Å². The predicted molar refractivity (Wildman–Crippen MR) is 94.8 cm³/mol.